The van der Waals surface area contributed by atoms with Gasteiger partial charge in [-0.3, -0.25) is 4.79 Å². The average Bonchev–Trinajstić information content (AvgIpc) is 3.19. The summed E-state index contributed by atoms with van der Waals surface area (Å²) in [4.78, 5) is 12.5. The number of rotatable bonds is 3. The number of nitrogens with one attached hydrogen (secondary N) is 1. The number of hydrogen-bond acceptors (Lipinski definition) is 4. The number of aromatic nitrogens is 3. The molecule has 1 aromatic heterocycles. The second kappa shape index (κ2) is 5.09. The molecule has 1 amide bonds. The van der Waals surface area contributed by atoms with E-state index in [4.69, 9.17) is 5.73 Å². The minimum atomic E-state index is 0.00694. The van der Waals surface area contributed by atoms with Crippen LogP contribution in [0.15, 0.2) is 0 Å². The zero-order valence-electron chi connectivity index (χ0n) is 12.3. The molecule has 0 saturated heterocycles. The third kappa shape index (κ3) is 2.16. The SMILES string of the molecule is NC1C2CCC(C2)C1C(=O)NCc1nnc2n1CCCC2. The first-order valence-corrected chi connectivity index (χ1v) is 8.18. The summed E-state index contributed by atoms with van der Waals surface area (Å²) in [6, 6.07) is 0.0519. The lowest BCUT2D eigenvalue weighted by molar-refractivity contribution is -0.127. The predicted molar refractivity (Wildman–Crippen MR) is 77.1 cm³/mol. The lowest BCUT2D eigenvalue weighted by Gasteiger charge is -2.27. The molecule has 0 aromatic carbocycles. The molecule has 0 radical (unpaired) electrons. The molecule has 114 valence electrons. The molecule has 2 bridgehead atoms. The lowest BCUT2D eigenvalue weighted by Crippen LogP contribution is -2.45. The van der Waals surface area contributed by atoms with Crippen LogP contribution in [0.5, 0.6) is 0 Å². The molecule has 0 spiro atoms. The highest BCUT2D eigenvalue weighted by molar-refractivity contribution is 5.80. The summed E-state index contributed by atoms with van der Waals surface area (Å²) in [7, 11) is 0. The third-order valence-electron chi connectivity index (χ3n) is 5.64. The second-order valence-corrected chi connectivity index (χ2v) is 6.80. The highest BCUT2D eigenvalue weighted by atomic mass is 16.2. The average molecular weight is 289 g/mol. The van der Waals surface area contributed by atoms with Crippen molar-refractivity contribution in [2.75, 3.05) is 0 Å². The van der Waals surface area contributed by atoms with E-state index in [1.54, 1.807) is 0 Å². The molecule has 2 aliphatic carbocycles. The minimum absolute atomic E-state index is 0.00694. The topological polar surface area (TPSA) is 85.8 Å². The lowest BCUT2D eigenvalue weighted by atomic mass is 9.84. The molecule has 2 fully saturated rings. The molecule has 6 heteroatoms. The zero-order chi connectivity index (χ0) is 14.4. The number of aryl methyl sites for hydroxylation is 1. The van der Waals surface area contributed by atoms with Gasteiger partial charge in [0.05, 0.1) is 12.5 Å². The van der Waals surface area contributed by atoms with E-state index in [9.17, 15) is 4.79 Å². The predicted octanol–water partition coefficient (Wildman–Crippen LogP) is 0.604. The van der Waals surface area contributed by atoms with Crippen molar-refractivity contribution in [3.05, 3.63) is 11.6 Å². The van der Waals surface area contributed by atoms with Crippen molar-refractivity contribution in [2.24, 2.45) is 23.5 Å². The van der Waals surface area contributed by atoms with Crippen molar-refractivity contribution in [3.63, 3.8) is 0 Å². The van der Waals surface area contributed by atoms with Crippen LogP contribution in [0.25, 0.3) is 0 Å². The van der Waals surface area contributed by atoms with Gasteiger partial charge >= 0.3 is 0 Å². The van der Waals surface area contributed by atoms with Gasteiger partial charge in [-0.2, -0.15) is 0 Å². The van der Waals surface area contributed by atoms with Crippen LogP contribution in [-0.4, -0.2) is 26.7 Å². The Morgan fingerprint density at radius 2 is 2.14 bits per heavy atom. The van der Waals surface area contributed by atoms with Crippen molar-refractivity contribution in [3.8, 4) is 0 Å². The summed E-state index contributed by atoms with van der Waals surface area (Å²) in [5, 5.41) is 11.5. The van der Waals surface area contributed by atoms with Gasteiger partial charge in [-0.15, -0.1) is 10.2 Å². The fourth-order valence-electron chi connectivity index (χ4n) is 4.51. The van der Waals surface area contributed by atoms with E-state index in [0.717, 1.165) is 37.5 Å². The van der Waals surface area contributed by atoms with Gasteiger partial charge in [0.1, 0.15) is 5.82 Å². The van der Waals surface area contributed by atoms with Crippen LogP contribution in [-0.2, 0) is 24.3 Å². The van der Waals surface area contributed by atoms with Gasteiger partial charge in [-0.05, 0) is 43.9 Å². The Kier molecular flexibility index (Phi) is 3.21. The summed E-state index contributed by atoms with van der Waals surface area (Å²) in [6.07, 6.45) is 6.86. The normalized spacial score (nSPS) is 34.0. The quantitative estimate of drug-likeness (QED) is 0.853. The summed E-state index contributed by atoms with van der Waals surface area (Å²) in [5.74, 6) is 3.12. The van der Waals surface area contributed by atoms with Crippen LogP contribution in [0.4, 0.5) is 0 Å². The van der Waals surface area contributed by atoms with Crippen molar-refractivity contribution in [1.29, 1.82) is 0 Å². The smallest absolute Gasteiger partial charge is 0.225 e. The Balaban J connectivity index is 1.41. The number of amides is 1. The van der Waals surface area contributed by atoms with Gasteiger partial charge in [0.2, 0.25) is 5.91 Å². The third-order valence-corrected chi connectivity index (χ3v) is 5.64. The number of carbonyl (C=O) groups excluding carboxylic acids is 1. The summed E-state index contributed by atoms with van der Waals surface area (Å²) in [6.45, 7) is 1.45. The number of fused-ring (bicyclic) bond motifs is 3. The Bertz CT molecular complexity index is 552. The van der Waals surface area contributed by atoms with Crippen molar-refractivity contribution >= 4 is 5.91 Å². The zero-order valence-corrected chi connectivity index (χ0v) is 12.3. The highest BCUT2D eigenvalue weighted by Crippen LogP contribution is 2.47. The van der Waals surface area contributed by atoms with Crippen LogP contribution >= 0.6 is 0 Å². The van der Waals surface area contributed by atoms with E-state index in [-0.39, 0.29) is 17.9 Å². The molecule has 2 heterocycles. The van der Waals surface area contributed by atoms with E-state index in [1.165, 1.54) is 19.3 Å². The molecular weight excluding hydrogens is 266 g/mol. The molecule has 4 atom stereocenters. The Morgan fingerprint density at radius 3 is 2.95 bits per heavy atom. The molecule has 4 rings (SSSR count). The number of nitrogens with zero attached hydrogens (tertiary/aromatic N) is 3. The van der Waals surface area contributed by atoms with Gasteiger partial charge in [0.15, 0.2) is 5.82 Å². The molecule has 3 N–H and O–H groups in total. The molecule has 2 saturated carbocycles. The van der Waals surface area contributed by atoms with Gasteiger partial charge in [0.25, 0.3) is 0 Å². The summed E-state index contributed by atoms with van der Waals surface area (Å²) >= 11 is 0. The van der Waals surface area contributed by atoms with Crippen molar-refractivity contribution in [1.82, 2.24) is 20.1 Å². The Labute approximate surface area is 124 Å². The highest BCUT2D eigenvalue weighted by Gasteiger charge is 2.48. The van der Waals surface area contributed by atoms with E-state index >= 15 is 0 Å². The standard InChI is InChI=1S/C15H23N5O/c16-14-10-5-4-9(7-10)13(14)15(21)17-8-12-19-18-11-3-1-2-6-20(11)12/h9-10,13-14H,1-8,16H2,(H,17,21). The van der Waals surface area contributed by atoms with Gasteiger partial charge in [-0.25, -0.2) is 0 Å². The fourth-order valence-corrected chi connectivity index (χ4v) is 4.51. The van der Waals surface area contributed by atoms with Crippen LogP contribution in [0.1, 0.15) is 43.8 Å². The Hall–Kier alpha value is -1.43. The number of hydrogen-bond donors (Lipinski definition) is 2. The van der Waals surface area contributed by atoms with Crippen LogP contribution in [0, 0.1) is 17.8 Å². The molecule has 6 nitrogen and oxygen atoms in total. The van der Waals surface area contributed by atoms with E-state index in [0.29, 0.717) is 18.4 Å². The Morgan fingerprint density at radius 1 is 1.29 bits per heavy atom. The maximum atomic E-state index is 12.5. The van der Waals surface area contributed by atoms with Crippen molar-refractivity contribution in [2.45, 2.75) is 57.7 Å². The molecule has 3 aliphatic rings. The second-order valence-electron chi connectivity index (χ2n) is 6.80. The first kappa shape index (κ1) is 13.2. The van der Waals surface area contributed by atoms with Crippen LogP contribution in [0.3, 0.4) is 0 Å². The monoisotopic (exact) mass is 289 g/mol. The summed E-state index contributed by atoms with van der Waals surface area (Å²) in [5.41, 5.74) is 6.23. The van der Waals surface area contributed by atoms with Crippen LogP contribution < -0.4 is 11.1 Å². The van der Waals surface area contributed by atoms with Gasteiger partial charge < -0.3 is 15.6 Å². The maximum Gasteiger partial charge on any atom is 0.225 e. The first-order valence-electron chi connectivity index (χ1n) is 8.18. The maximum absolute atomic E-state index is 12.5. The van der Waals surface area contributed by atoms with Crippen molar-refractivity contribution < 1.29 is 4.79 Å². The number of nitrogens with two attached hydrogens (primary N) is 1. The fraction of sp³-hybridized carbons (Fsp3) is 0.800. The molecule has 21 heavy (non-hydrogen) atoms. The molecule has 1 aliphatic heterocycles. The summed E-state index contributed by atoms with van der Waals surface area (Å²) < 4.78 is 2.16. The first-order chi connectivity index (χ1) is 10.2. The number of carbonyl (C=O) groups is 1. The van der Waals surface area contributed by atoms with Crippen LogP contribution in [0.2, 0.25) is 0 Å². The molecule has 4 unspecified atom stereocenters. The van der Waals surface area contributed by atoms with E-state index < -0.39 is 0 Å². The molecule has 1 aromatic rings. The minimum Gasteiger partial charge on any atom is -0.348 e. The largest absolute Gasteiger partial charge is 0.348 e. The molecular formula is C15H23N5O. The van der Waals surface area contributed by atoms with E-state index in [2.05, 4.69) is 20.1 Å². The van der Waals surface area contributed by atoms with E-state index in [1.807, 2.05) is 0 Å². The van der Waals surface area contributed by atoms with Gasteiger partial charge in [0, 0.05) is 19.0 Å². The van der Waals surface area contributed by atoms with Gasteiger partial charge in [-0.1, -0.05) is 0 Å².